The Bertz CT molecular complexity index is 357. The van der Waals surface area contributed by atoms with Gasteiger partial charge in [0.15, 0.2) is 0 Å². The smallest absolute Gasteiger partial charge is 0.252 e. The first-order valence-corrected chi connectivity index (χ1v) is 5.29. The lowest BCUT2D eigenvalue weighted by Gasteiger charge is -2.06. The van der Waals surface area contributed by atoms with Crippen molar-refractivity contribution >= 4 is 21.8 Å². The second-order valence-electron chi connectivity index (χ2n) is 2.93. The van der Waals surface area contributed by atoms with Crippen molar-refractivity contribution in [3.8, 4) is 0 Å². The third kappa shape index (κ3) is 3.28. The maximum Gasteiger partial charge on any atom is 0.252 e. The fraction of sp³-hybridized carbons (Fsp3) is 0.300. The Morgan fingerprint density at radius 3 is 2.93 bits per heavy atom. The van der Waals surface area contributed by atoms with Crippen molar-refractivity contribution in [2.24, 2.45) is 0 Å². The standard InChI is InChI=1S/C10H11BrFNO2/c11-9-7(3-1-4-8(9)12)10(15)13-5-2-6-14/h1,3-4,14H,2,5-6H2,(H,13,15). The highest BCUT2D eigenvalue weighted by atomic mass is 79.9. The van der Waals surface area contributed by atoms with Gasteiger partial charge in [0.2, 0.25) is 0 Å². The van der Waals surface area contributed by atoms with Gasteiger partial charge in [0.05, 0.1) is 10.0 Å². The fourth-order valence-corrected chi connectivity index (χ4v) is 1.50. The molecule has 3 nitrogen and oxygen atoms in total. The number of halogens is 2. The van der Waals surface area contributed by atoms with E-state index in [2.05, 4.69) is 21.2 Å². The van der Waals surface area contributed by atoms with Crippen LogP contribution in [0, 0.1) is 5.82 Å². The molecule has 2 N–H and O–H groups in total. The van der Waals surface area contributed by atoms with Crippen molar-refractivity contribution in [1.82, 2.24) is 5.32 Å². The molecule has 0 radical (unpaired) electrons. The highest BCUT2D eigenvalue weighted by Gasteiger charge is 2.11. The molecule has 0 fully saturated rings. The fourth-order valence-electron chi connectivity index (χ4n) is 1.06. The minimum Gasteiger partial charge on any atom is -0.396 e. The van der Waals surface area contributed by atoms with Crippen LogP contribution in [0.2, 0.25) is 0 Å². The maximum atomic E-state index is 13.1. The van der Waals surface area contributed by atoms with Gasteiger partial charge in [-0.2, -0.15) is 0 Å². The Hall–Kier alpha value is -0.940. The van der Waals surface area contributed by atoms with E-state index in [1.54, 1.807) is 0 Å². The molecule has 1 aromatic rings. The summed E-state index contributed by atoms with van der Waals surface area (Å²) >= 11 is 3.00. The van der Waals surface area contributed by atoms with E-state index in [0.29, 0.717) is 13.0 Å². The van der Waals surface area contributed by atoms with E-state index in [1.807, 2.05) is 0 Å². The average molecular weight is 276 g/mol. The summed E-state index contributed by atoms with van der Waals surface area (Å²) in [4.78, 5) is 11.5. The Labute approximate surface area is 95.4 Å². The van der Waals surface area contributed by atoms with Gasteiger partial charge in [-0.15, -0.1) is 0 Å². The van der Waals surface area contributed by atoms with Crippen molar-refractivity contribution in [3.63, 3.8) is 0 Å². The summed E-state index contributed by atoms with van der Waals surface area (Å²) in [6, 6.07) is 4.27. The van der Waals surface area contributed by atoms with Crippen LogP contribution in [-0.2, 0) is 0 Å². The van der Waals surface area contributed by atoms with Crippen LogP contribution in [0.15, 0.2) is 22.7 Å². The van der Waals surface area contributed by atoms with Gasteiger partial charge in [-0.25, -0.2) is 4.39 Å². The molecule has 0 unspecified atom stereocenters. The quantitative estimate of drug-likeness (QED) is 0.822. The molecule has 15 heavy (non-hydrogen) atoms. The summed E-state index contributed by atoms with van der Waals surface area (Å²) in [5.74, 6) is -0.820. The zero-order valence-corrected chi connectivity index (χ0v) is 9.55. The van der Waals surface area contributed by atoms with Crippen LogP contribution in [0.5, 0.6) is 0 Å². The molecule has 0 heterocycles. The number of rotatable bonds is 4. The van der Waals surface area contributed by atoms with E-state index in [4.69, 9.17) is 5.11 Å². The zero-order valence-electron chi connectivity index (χ0n) is 7.96. The summed E-state index contributed by atoms with van der Waals surface area (Å²) in [7, 11) is 0. The third-order valence-electron chi connectivity index (χ3n) is 1.82. The number of hydrogen-bond donors (Lipinski definition) is 2. The topological polar surface area (TPSA) is 49.3 Å². The van der Waals surface area contributed by atoms with Crippen LogP contribution in [-0.4, -0.2) is 24.2 Å². The van der Waals surface area contributed by atoms with E-state index in [-0.39, 0.29) is 22.6 Å². The molecule has 0 aromatic heterocycles. The van der Waals surface area contributed by atoms with Gasteiger partial charge < -0.3 is 10.4 Å². The number of carbonyl (C=O) groups excluding carboxylic acids is 1. The molecule has 0 aliphatic heterocycles. The van der Waals surface area contributed by atoms with Gasteiger partial charge in [0, 0.05) is 13.2 Å². The number of hydrogen-bond acceptors (Lipinski definition) is 2. The van der Waals surface area contributed by atoms with E-state index in [0.717, 1.165) is 0 Å². The molecule has 0 atom stereocenters. The van der Waals surface area contributed by atoms with Gasteiger partial charge >= 0.3 is 0 Å². The van der Waals surface area contributed by atoms with Gasteiger partial charge in [0.25, 0.3) is 5.91 Å². The van der Waals surface area contributed by atoms with Crippen molar-refractivity contribution in [1.29, 1.82) is 0 Å². The largest absolute Gasteiger partial charge is 0.396 e. The SMILES string of the molecule is O=C(NCCCO)c1cccc(F)c1Br. The first kappa shape index (κ1) is 12.1. The second kappa shape index (κ2) is 5.82. The van der Waals surface area contributed by atoms with Crippen molar-refractivity contribution in [2.75, 3.05) is 13.2 Å². The average Bonchev–Trinajstić information content (AvgIpc) is 2.22. The summed E-state index contributed by atoms with van der Waals surface area (Å²) in [6.07, 6.45) is 0.485. The molecule has 0 aliphatic carbocycles. The lowest BCUT2D eigenvalue weighted by Crippen LogP contribution is -2.25. The second-order valence-corrected chi connectivity index (χ2v) is 3.73. The zero-order chi connectivity index (χ0) is 11.3. The molecule has 1 aromatic carbocycles. The van der Waals surface area contributed by atoms with Crippen LogP contribution >= 0.6 is 15.9 Å². The first-order valence-electron chi connectivity index (χ1n) is 4.50. The van der Waals surface area contributed by atoms with E-state index in [1.165, 1.54) is 18.2 Å². The summed E-state index contributed by atoms with van der Waals surface area (Å²) in [6.45, 7) is 0.392. The monoisotopic (exact) mass is 275 g/mol. The molecular weight excluding hydrogens is 265 g/mol. The minimum atomic E-state index is -0.468. The summed E-state index contributed by atoms with van der Waals surface area (Å²) in [5, 5.41) is 11.1. The molecule has 5 heteroatoms. The van der Waals surface area contributed by atoms with Crippen molar-refractivity contribution in [2.45, 2.75) is 6.42 Å². The van der Waals surface area contributed by atoms with Crippen LogP contribution in [0.3, 0.4) is 0 Å². The molecule has 0 aliphatic rings. The molecule has 0 saturated carbocycles. The minimum absolute atomic E-state index is 0.0185. The molecule has 82 valence electrons. The van der Waals surface area contributed by atoms with Crippen LogP contribution in [0.4, 0.5) is 4.39 Å². The summed E-state index contributed by atoms with van der Waals surface area (Å²) < 4.78 is 13.2. The van der Waals surface area contributed by atoms with Crippen molar-refractivity contribution in [3.05, 3.63) is 34.1 Å². The lowest BCUT2D eigenvalue weighted by atomic mass is 10.2. The number of aliphatic hydroxyl groups excluding tert-OH is 1. The molecule has 0 bridgehead atoms. The van der Waals surface area contributed by atoms with E-state index < -0.39 is 5.82 Å². The van der Waals surface area contributed by atoms with Crippen molar-refractivity contribution < 1.29 is 14.3 Å². The Morgan fingerprint density at radius 1 is 1.53 bits per heavy atom. The normalized spacial score (nSPS) is 10.1. The van der Waals surface area contributed by atoms with Crippen LogP contribution < -0.4 is 5.32 Å². The Balaban J connectivity index is 2.69. The van der Waals surface area contributed by atoms with Gasteiger partial charge in [-0.1, -0.05) is 6.07 Å². The number of nitrogens with one attached hydrogen (secondary N) is 1. The third-order valence-corrected chi connectivity index (χ3v) is 2.62. The van der Waals surface area contributed by atoms with Crippen LogP contribution in [0.25, 0.3) is 0 Å². The van der Waals surface area contributed by atoms with E-state index >= 15 is 0 Å². The molecule has 1 rings (SSSR count). The Kier molecular flexibility index (Phi) is 4.71. The van der Waals surface area contributed by atoms with Gasteiger partial charge in [-0.3, -0.25) is 4.79 Å². The van der Waals surface area contributed by atoms with E-state index in [9.17, 15) is 9.18 Å². The number of aliphatic hydroxyl groups is 1. The highest BCUT2D eigenvalue weighted by molar-refractivity contribution is 9.10. The maximum absolute atomic E-state index is 13.1. The molecule has 1 amide bonds. The molecular formula is C10H11BrFNO2. The van der Waals surface area contributed by atoms with Crippen LogP contribution in [0.1, 0.15) is 16.8 Å². The number of amides is 1. The predicted octanol–water partition coefficient (Wildman–Crippen LogP) is 1.70. The van der Waals surface area contributed by atoms with Gasteiger partial charge in [0.1, 0.15) is 5.82 Å². The molecule has 0 saturated heterocycles. The first-order chi connectivity index (χ1) is 7.16. The Morgan fingerprint density at radius 2 is 2.27 bits per heavy atom. The highest BCUT2D eigenvalue weighted by Crippen LogP contribution is 2.19. The number of carbonyl (C=O) groups is 1. The number of benzene rings is 1. The summed E-state index contributed by atoms with van der Waals surface area (Å²) in [5.41, 5.74) is 0.257. The lowest BCUT2D eigenvalue weighted by molar-refractivity contribution is 0.0950. The predicted molar refractivity (Wildman–Crippen MR) is 58.1 cm³/mol. The molecule has 0 spiro atoms. The van der Waals surface area contributed by atoms with Gasteiger partial charge in [-0.05, 0) is 34.5 Å².